The van der Waals surface area contributed by atoms with Crippen LogP contribution in [0.5, 0.6) is 0 Å². The highest BCUT2D eigenvalue weighted by Gasteiger charge is 2.33. The maximum Gasteiger partial charge on any atom is 0.256 e. The Labute approximate surface area is 336 Å². The zero-order valence-electron chi connectivity index (χ0n) is 31.5. The molecule has 11 heteroatoms. The van der Waals surface area contributed by atoms with E-state index in [-0.39, 0.29) is 30.6 Å². The number of unbranched alkanes of at least 4 members (excludes halogenated alkanes) is 2. The summed E-state index contributed by atoms with van der Waals surface area (Å²) >= 11 is 1.50. The van der Waals surface area contributed by atoms with Crippen LogP contribution in [0.1, 0.15) is 67.6 Å². The number of amides is 2. The number of nitrogens with zero attached hydrogens (tertiary/aromatic N) is 1. The first-order valence-electron chi connectivity index (χ1n) is 19.2. The van der Waals surface area contributed by atoms with E-state index in [1.54, 1.807) is 12.1 Å². The van der Waals surface area contributed by atoms with E-state index in [9.17, 15) is 14.7 Å². The van der Waals surface area contributed by atoms with Crippen LogP contribution in [-0.4, -0.2) is 33.8 Å². The summed E-state index contributed by atoms with van der Waals surface area (Å²) in [5, 5.41) is 16.0. The molecule has 0 aliphatic carbocycles. The molecule has 292 valence electrons. The number of rotatable bonds is 16. The summed E-state index contributed by atoms with van der Waals surface area (Å²) in [5.41, 5.74) is 13.0. The van der Waals surface area contributed by atoms with Gasteiger partial charge < -0.3 is 35.4 Å². The van der Waals surface area contributed by atoms with Crippen molar-refractivity contribution in [2.24, 2.45) is 0 Å². The number of oxazole rings is 1. The van der Waals surface area contributed by atoms with Crippen molar-refractivity contribution in [3.8, 4) is 22.6 Å². The van der Waals surface area contributed by atoms with Gasteiger partial charge in [-0.05, 0) is 48.2 Å². The lowest BCUT2D eigenvalue weighted by Crippen LogP contribution is -2.31. The van der Waals surface area contributed by atoms with Crippen LogP contribution in [0, 0.1) is 0 Å². The Morgan fingerprint density at radius 2 is 1.42 bits per heavy atom. The number of aromatic nitrogens is 1. The Kier molecular flexibility index (Phi) is 13.5. The van der Waals surface area contributed by atoms with Crippen molar-refractivity contribution in [3.63, 3.8) is 0 Å². The molecular weight excluding hydrogens is 737 g/mol. The molecule has 10 nitrogen and oxygen atoms in total. The number of thioether (sulfide) groups is 1. The number of benzene rings is 5. The average Bonchev–Trinajstić information content (AvgIpc) is 3.69. The molecule has 5 aromatic carbocycles. The van der Waals surface area contributed by atoms with E-state index < -0.39 is 6.29 Å². The Balaban J connectivity index is 0.989. The van der Waals surface area contributed by atoms with E-state index in [1.165, 1.54) is 11.8 Å². The van der Waals surface area contributed by atoms with Gasteiger partial charge in [0.05, 0.1) is 30.2 Å². The summed E-state index contributed by atoms with van der Waals surface area (Å²) in [6, 6.07) is 42.5. The molecule has 0 radical (unpaired) electrons. The highest BCUT2D eigenvalue weighted by Crippen LogP contribution is 2.41. The molecule has 0 spiro atoms. The first-order chi connectivity index (χ1) is 27.9. The highest BCUT2D eigenvalue weighted by atomic mass is 32.2. The standard InChI is InChI=1S/C46H46N4O6S/c47-38-19-10-11-20-39(38)49-42(53)22-9-3-8-21-41(52)48-36-18-12-17-35(27-36)45-54-37(28-40(55-45)32-25-23-31(29-51)24-26-32)30-57-46-50-43(33-13-4-1-5-14-33)44(56-46)34-15-6-2-7-16-34/h1-2,4-7,10-20,23-27,37,40,45,51H,3,8-9,21-22,28-30,47H2,(H,48,52)(H,49,53)/t37-,40+,45+/m0/s1. The Bertz CT molecular complexity index is 2170. The number of nitrogens with one attached hydrogen (secondary N) is 2. The molecule has 1 fully saturated rings. The van der Waals surface area contributed by atoms with E-state index in [2.05, 4.69) is 10.6 Å². The third kappa shape index (κ3) is 10.8. The predicted octanol–water partition coefficient (Wildman–Crippen LogP) is 9.95. The molecule has 7 rings (SSSR count). The number of para-hydroxylation sites is 2. The van der Waals surface area contributed by atoms with Crippen molar-refractivity contribution in [1.82, 2.24) is 4.98 Å². The molecule has 0 bridgehead atoms. The van der Waals surface area contributed by atoms with Gasteiger partial charge in [-0.15, -0.1) is 0 Å². The SMILES string of the molecule is Nc1ccccc1NC(=O)CCCCCC(=O)Nc1cccc([C@@H]2O[C@H](CSc3nc(-c4ccccc4)c(-c4ccccc4)o3)C[C@H](c3ccc(CO)cc3)O2)c1. The van der Waals surface area contributed by atoms with Crippen LogP contribution >= 0.6 is 11.8 Å². The summed E-state index contributed by atoms with van der Waals surface area (Å²) in [6.07, 6.45) is 2.13. The van der Waals surface area contributed by atoms with Gasteiger partial charge in [0, 0.05) is 47.4 Å². The fourth-order valence-corrected chi connectivity index (χ4v) is 7.53. The molecule has 1 saturated heterocycles. The number of carbonyl (C=O) groups is 2. The molecule has 57 heavy (non-hydrogen) atoms. The summed E-state index contributed by atoms with van der Waals surface area (Å²) < 4.78 is 19.6. The predicted molar refractivity (Wildman–Crippen MR) is 224 cm³/mol. The fourth-order valence-electron chi connectivity index (χ4n) is 6.68. The van der Waals surface area contributed by atoms with Crippen LogP contribution in [-0.2, 0) is 25.7 Å². The summed E-state index contributed by atoms with van der Waals surface area (Å²) in [5.74, 6) is 1.07. The summed E-state index contributed by atoms with van der Waals surface area (Å²) in [7, 11) is 0. The van der Waals surface area contributed by atoms with Gasteiger partial charge in [-0.25, -0.2) is 4.98 Å². The zero-order valence-corrected chi connectivity index (χ0v) is 32.3. The van der Waals surface area contributed by atoms with E-state index in [1.807, 2.05) is 121 Å². The van der Waals surface area contributed by atoms with Crippen molar-refractivity contribution in [2.75, 3.05) is 22.1 Å². The molecule has 2 heterocycles. The number of aliphatic hydroxyl groups is 1. The topological polar surface area (TPSA) is 149 Å². The Hall–Kier alpha value is -5.72. The maximum absolute atomic E-state index is 12.9. The van der Waals surface area contributed by atoms with Crippen molar-refractivity contribution in [2.45, 2.75) is 68.9 Å². The molecule has 1 aliphatic heterocycles. The Morgan fingerprint density at radius 1 is 0.737 bits per heavy atom. The van der Waals surface area contributed by atoms with Gasteiger partial charge in [0.1, 0.15) is 5.69 Å². The minimum absolute atomic E-state index is 0.0384. The van der Waals surface area contributed by atoms with Crippen molar-refractivity contribution >= 4 is 40.6 Å². The molecule has 3 atom stereocenters. The molecule has 5 N–H and O–H groups in total. The van der Waals surface area contributed by atoms with Crippen LogP contribution < -0.4 is 16.4 Å². The second kappa shape index (κ2) is 19.4. The zero-order chi connectivity index (χ0) is 39.4. The van der Waals surface area contributed by atoms with Gasteiger partial charge in [-0.3, -0.25) is 9.59 Å². The fraction of sp³-hybridized carbons (Fsp3) is 0.239. The molecular formula is C46H46N4O6S. The minimum atomic E-state index is -0.703. The van der Waals surface area contributed by atoms with E-state index >= 15 is 0 Å². The van der Waals surface area contributed by atoms with Crippen LogP contribution in [0.3, 0.4) is 0 Å². The van der Waals surface area contributed by atoms with Gasteiger partial charge in [-0.1, -0.05) is 127 Å². The van der Waals surface area contributed by atoms with Gasteiger partial charge in [0.25, 0.3) is 5.22 Å². The quantitative estimate of drug-likeness (QED) is 0.0428. The first kappa shape index (κ1) is 39.5. The number of anilines is 3. The minimum Gasteiger partial charge on any atom is -0.431 e. The van der Waals surface area contributed by atoms with Gasteiger partial charge >= 0.3 is 0 Å². The van der Waals surface area contributed by atoms with Crippen LogP contribution in [0.4, 0.5) is 17.1 Å². The van der Waals surface area contributed by atoms with Crippen molar-refractivity contribution in [3.05, 3.63) is 150 Å². The molecule has 1 aliphatic rings. The highest BCUT2D eigenvalue weighted by molar-refractivity contribution is 7.99. The largest absolute Gasteiger partial charge is 0.431 e. The molecule has 6 aromatic rings. The number of aliphatic hydroxyl groups excluding tert-OH is 1. The van der Waals surface area contributed by atoms with Crippen LogP contribution in [0.2, 0.25) is 0 Å². The van der Waals surface area contributed by atoms with E-state index in [0.717, 1.165) is 39.9 Å². The molecule has 1 aromatic heterocycles. The van der Waals surface area contributed by atoms with Crippen molar-refractivity contribution < 1.29 is 28.6 Å². The van der Waals surface area contributed by atoms with E-state index in [0.29, 0.717) is 65.9 Å². The lowest BCUT2D eigenvalue weighted by atomic mass is 10.0. The molecule has 0 saturated carbocycles. The second-order valence-electron chi connectivity index (χ2n) is 13.9. The number of carbonyl (C=O) groups excluding carboxylic acids is 2. The maximum atomic E-state index is 12.9. The van der Waals surface area contributed by atoms with Gasteiger partial charge in [-0.2, -0.15) is 0 Å². The van der Waals surface area contributed by atoms with Crippen LogP contribution in [0.15, 0.2) is 143 Å². The monoisotopic (exact) mass is 782 g/mol. The number of nitrogens with two attached hydrogens (primary N) is 1. The van der Waals surface area contributed by atoms with Crippen molar-refractivity contribution in [1.29, 1.82) is 0 Å². The molecule has 0 unspecified atom stereocenters. The normalized spacial score (nSPS) is 16.5. The van der Waals surface area contributed by atoms with Gasteiger partial charge in [0.15, 0.2) is 12.1 Å². The first-order valence-corrected chi connectivity index (χ1v) is 20.2. The number of ether oxygens (including phenoxy) is 2. The average molecular weight is 783 g/mol. The lowest BCUT2D eigenvalue weighted by Gasteiger charge is -2.36. The third-order valence-electron chi connectivity index (χ3n) is 9.68. The molecule has 2 amide bonds. The lowest BCUT2D eigenvalue weighted by molar-refractivity contribution is -0.245. The van der Waals surface area contributed by atoms with Crippen LogP contribution in [0.25, 0.3) is 22.6 Å². The van der Waals surface area contributed by atoms with E-state index in [4.69, 9.17) is 24.6 Å². The third-order valence-corrected chi connectivity index (χ3v) is 10.6. The van der Waals surface area contributed by atoms with Gasteiger partial charge in [0.2, 0.25) is 11.8 Å². The summed E-state index contributed by atoms with van der Waals surface area (Å²) in [6.45, 7) is -0.0384. The number of hydrogen-bond donors (Lipinski definition) is 4. The summed E-state index contributed by atoms with van der Waals surface area (Å²) in [4.78, 5) is 30.2. The second-order valence-corrected chi connectivity index (χ2v) is 14.9. The smallest absolute Gasteiger partial charge is 0.256 e. The Morgan fingerprint density at radius 3 is 2.14 bits per heavy atom. The number of hydrogen-bond acceptors (Lipinski definition) is 9. The number of nitrogen functional groups attached to an aromatic ring is 1.